The van der Waals surface area contributed by atoms with Gasteiger partial charge >= 0.3 is 0 Å². The first-order valence-electron chi connectivity index (χ1n) is 12.5. The van der Waals surface area contributed by atoms with Gasteiger partial charge in [0.25, 0.3) is 0 Å². The van der Waals surface area contributed by atoms with Crippen LogP contribution in [-0.4, -0.2) is 11.9 Å². The summed E-state index contributed by atoms with van der Waals surface area (Å²) in [5.41, 5.74) is 3.97. The fraction of sp³-hybridized carbons (Fsp3) is 0.323. The summed E-state index contributed by atoms with van der Waals surface area (Å²) < 4.78 is 0. The molecule has 5 rings (SSSR count). The summed E-state index contributed by atoms with van der Waals surface area (Å²) >= 11 is 0. The number of benzene rings is 3. The smallest absolute Gasteiger partial charge is 0.155 e. The summed E-state index contributed by atoms with van der Waals surface area (Å²) in [6.45, 7) is 0. The second-order valence-electron chi connectivity index (χ2n) is 9.52. The molecule has 1 aliphatic carbocycles. The van der Waals surface area contributed by atoms with Crippen molar-refractivity contribution in [3.8, 4) is 0 Å². The normalized spacial score (nSPS) is 21.8. The monoisotopic (exact) mass is 452 g/mol. The first-order chi connectivity index (χ1) is 16.3. The molecule has 0 N–H and O–H groups in total. The zero-order valence-electron chi connectivity index (χ0n) is 19.3. The molecule has 0 radical (unpaired) electrons. The summed E-state index contributed by atoms with van der Waals surface area (Å²) in [4.78, 5) is 13.4. The van der Waals surface area contributed by atoms with Crippen LogP contribution in [0.2, 0.25) is 0 Å². The van der Waals surface area contributed by atoms with Gasteiger partial charge in [-0.25, -0.2) is 0 Å². The molecule has 0 amide bonds. The molecule has 1 aliphatic heterocycles. The number of ketones is 1. The zero-order valence-corrected chi connectivity index (χ0v) is 20.2. The first-order valence-corrected chi connectivity index (χ1v) is 14.0. The third-order valence-corrected chi connectivity index (χ3v) is 10.7. The van der Waals surface area contributed by atoms with E-state index in [1.165, 1.54) is 53.8 Å². The summed E-state index contributed by atoms with van der Waals surface area (Å²) in [5, 5.41) is 1.16. The highest BCUT2D eigenvalue weighted by molar-refractivity contribution is 7.67. The predicted octanol–water partition coefficient (Wildman–Crippen LogP) is 7.61. The highest BCUT2D eigenvalue weighted by Gasteiger charge is 2.47. The summed E-state index contributed by atoms with van der Waals surface area (Å²) in [5.74, 6) is 0.912. The summed E-state index contributed by atoms with van der Waals surface area (Å²) in [6.07, 6.45) is 11.1. The average molecular weight is 453 g/mol. The molecule has 1 atom stereocenters. The molecule has 2 heteroatoms. The molecule has 33 heavy (non-hydrogen) atoms. The number of allylic oxidation sites excluding steroid dienone is 2. The zero-order chi connectivity index (χ0) is 22.5. The van der Waals surface area contributed by atoms with Crippen LogP contribution < -0.4 is 5.30 Å². The van der Waals surface area contributed by atoms with Crippen molar-refractivity contribution in [1.82, 2.24) is 0 Å². The molecule has 3 aromatic carbocycles. The van der Waals surface area contributed by atoms with Gasteiger partial charge in [-0.15, -0.1) is 0 Å². The quantitative estimate of drug-likeness (QED) is 0.278. The third kappa shape index (κ3) is 4.49. The molecule has 0 spiro atoms. The summed E-state index contributed by atoms with van der Waals surface area (Å²) in [6, 6.07) is 33.0. The minimum Gasteiger partial charge on any atom is -0.295 e. The van der Waals surface area contributed by atoms with Crippen LogP contribution in [0, 0.1) is 5.92 Å². The van der Waals surface area contributed by atoms with Gasteiger partial charge in [-0.05, 0) is 53.0 Å². The fourth-order valence-corrected chi connectivity index (χ4v) is 9.45. The predicted molar refractivity (Wildman–Crippen MR) is 140 cm³/mol. The van der Waals surface area contributed by atoms with Crippen molar-refractivity contribution in [2.24, 2.45) is 5.92 Å². The van der Waals surface area contributed by atoms with Gasteiger partial charge in [0.2, 0.25) is 0 Å². The molecule has 1 unspecified atom stereocenters. The van der Waals surface area contributed by atoms with Crippen LogP contribution in [0.1, 0.15) is 56.1 Å². The van der Waals surface area contributed by atoms with Crippen molar-refractivity contribution in [2.45, 2.75) is 50.1 Å². The molecular formula is C31H33OP. The van der Waals surface area contributed by atoms with E-state index in [9.17, 15) is 4.79 Å². The lowest BCUT2D eigenvalue weighted by molar-refractivity contribution is -0.115. The van der Waals surface area contributed by atoms with Gasteiger partial charge in [-0.3, -0.25) is 4.79 Å². The van der Waals surface area contributed by atoms with Crippen LogP contribution in [0.5, 0.6) is 0 Å². The topological polar surface area (TPSA) is 17.1 Å². The van der Waals surface area contributed by atoms with Crippen LogP contribution in [0.4, 0.5) is 0 Å². The Balaban J connectivity index is 1.69. The van der Waals surface area contributed by atoms with E-state index in [4.69, 9.17) is 0 Å². The van der Waals surface area contributed by atoms with Crippen molar-refractivity contribution in [1.29, 1.82) is 0 Å². The van der Waals surface area contributed by atoms with Crippen molar-refractivity contribution in [3.05, 3.63) is 114 Å². The maximum absolute atomic E-state index is 13.4. The molecule has 0 aromatic heterocycles. The first kappa shape index (κ1) is 22.3. The molecule has 2 aliphatic rings. The molecule has 1 nitrogen and oxygen atoms in total. The number of carbonyl (C=O) groups is 1. The van der Waals surface area contributed by atoms with E-state index in [0.717, 1.165) is 12.8 Å². The van der Waals surface area contributed by atoms with Gasteiger partial charge in [0, 0.05) is 6.42 Å². The molecule has 2 fully saturated rings. The Kier molecular flexibility index (Phi) is 6.88. The lowest BCUT2D eigenvalue weighted by Gasteiger charge is -2.48. The van der Waals surface area contributed by atoms with Gasteiger partial charge in [-0.1, -0.05) is 125 Å². The van der Waals surface area contributed by atoms with Crippen LogP contribution in [0.15, 0.2) is 103 Å². The van der Waals surface area contributed by atoms with Gasteiger partial charge in [0.15, 0.2) is 5.78 Å². The largest absolute Gasteiger partial charge is 0.295 e. The van der Waals surface area contributed by atoms with Gasteiger partial charge in [0.05, 0.1) is 5.16 Å². The Morgan fingerprint density at radius 3 is 1.91 bits per heavy atom. The molecule has 168 valence electrons. The number of hydrogen-bond donors (Lipinski definition) is 0. The minimum absolute atomic E-state index is 0.261. The van der Waals surface area contributed by atoms with E-state index in [2.05, 4.69) is 97.1 Å². The number of carbonyl (C=O) groups excluding carboxylic acids is 1. The van der Waals surface area contributed by atoms with E-state index in [-0.39, 0.29) is 5.16 Å². The standard InChI is InChI=1S/C31H33OP/c32-29(23-25-13-10-11-14-25)24-28-19-12-22-33(30-20-8-3-9-21-30)31(28,26-15-4-1-5-16-26)27-17-6-2-7-18-27/h1-9,15-18,20-21,24-25H,10-14,19,22-23H2. The molecule has 3 aromatic rings. The Labute approximate surface area is 199 Å². The SMILES string of the molecule is O=C(C=C1CCCP(c2ccccc2)C1(c1ccccc1)c1ccccc1)CC1CCCC1. The van der Waals surface area contributed by atoms with Crippen molar-refractivity contribution in [3.63, 3.8) is 0 Å². The number of rotatable bonds is 6. The van der Waals surface area contributed by atoms with Crippen molar-refractivity contribution in [2.75, 3.05) is 6.16 Å². The Bertz CT molecular complexity index is 1040. The lowest BCUT2D eigenvalue weighted by atomic mass is 9.80. The van der Waals surface area contributed by atoms with E-state index in [0.29, 0.717) is 18.1 Å². The molecule has 1 saturated heterocycles. The van der Waals surface area contributed by atoms with Crippen LogP contribution in [-0.2, 0) is 9.95 Å². The highest BCUT2D eigenvalue weighted by atomic mass is 31.1. The van der Waals surface area contributed by atoms with Crippen LogP contribution in [0.25, 0.3) is 0 Å². The number of hydrogen-bond acceptors (Lipinski definition) is 1. The Morgan fingerprint density at radius 1 is 0.788 bits per heavy atom. The fourth-order valence-electron chi connectivity index (χ4n) is 6.02. The van der Waals surface area contributed by atoms with Crippen LogP contribution in [0.3, 0.4) is 0 Å². The van der Waals surface area contributed by atoms with E-state index >= 15 is 0 Å². The Hall–Kier alpha value is -2.50. The second-order valence-corrected chi connectivity index (χ2v) is 12.0. The lowest BCUT2D eigenvalue weighted by Crippen LogP contribution is -2.36. The summed E-state index contributed by atoms with van der Waals surface area (Å²) in [7, 11) is -0.573. The van der Waals surface area contributed by atoms with E-state index in [1.54, 1.807) is 0 Å². The minimum atomic E-state index is -0.573. The van der Waals surface area contributed by atoms with E-state index in [1.807, 2.05) is 0 Å². The third-order valence-electron chi connectivity index (χ3n) is 7.45. The van der Waals surface area contributed by atoms with Gasteiger partial charge in [0.1, 0.15) is 0 Å². The Morgan fingerprint density at radius 2 is 1.33 bits per heavy atom. The molecule has 1 heterocycles. The maximum atomic E-state index is 13.4. The molecular weight excluding hydrogens is 419 g/mol. The maximum Gasteiger partial charge on any atom is 0.155 e. The van der Waals surface area contributed by atoms with Gasteiger partial charge < -0.3 is 0 Å². The average Bonchev–Trinajstić information content (AvgIpc) is 3.38. The van der Waals surface area contributed by atoms with Crippen LogP contribution >= 0.6 is 7.92 Å². The second kappa shape index (κ2) is 10.2. The molecule has 1 saturated carbocycles. The van der Waals surface area contributed by atoms with Crippen molar-refractivity contribution < 1.29 is 4.79 Å². The molecule has 0 bridgehead atoms. The van der Waals surface area contributed by atoms with Crippen molar-refractivity contribution >= 4 is 19.0 Å². The highest BCUT2D eigenvalue weighted by Crippen LogP contribution is 2.66. The van der Waals surface area contributed by atoms with Gasteiger partial charge in [-0.2, -0.15) is 0 Å². The van der Waals surface area contributed by atoms with E-state index < -0.39 is 7.92 Å².